The molecule has 3 nitrogen and oxygen atoms in total. The van der Waals surface area contributed by atoms with Crippen LogP contribution < -0.4 is 5.32 Å². The number of hydrogen-bond donors (Lipinski definition) is 2. The van der Waals surface area contributed by atoms with E-state index >= 15 is 0 Å². The van der Waals surface area contributed by atoms with E-state index in [0.29, 0.717) is 30.0 Å². The van der Waals surface area contributed by atoms with Crippen molar-refractivity contribution in [3.05, 3.63) is 0 Å². The standard InChI is InChI=1S/C11H25NO2S/c1-5-10(4)7-15(14)8-11(13)6-12-9(2)3/h9-13H,5-8H2,1-4H3. The van der Waals surface area contributed by atoms with Crippen molar-refractivity contribution < 1.29 is 9.32 Å². The first-order chi connectivity index (χ1) is 6.95. The highest BCUT2D eigenvalue weighted by Crippen LogP contribution is 2.03. The normalized spacial score (nSPS) is 17.7. The SMILES string of the molecule is CCC(C)CS(=O)CC(O)CNC(C)C. The first kappa shape index (κ1) is 15.1. The Hall–Kier alpha value is 0.0700. The summed E-state index contributed by atoms with van der Waals surface area (Å²) in [6, 6.07) is 0.364. The van der Waals surface area contributed by atoms with Crippen LogP contribution >= 0.6 is 0 Å². The summed E-state index contributed by atoms with van der Waals surface area (Å²) < 4.78 is 11.6. The van der Waals surface area contributed by atoms with Gasteiger partial charge in [-0.15, -0.1) is 0 Å². The van der Waals surface area contributed by atoms with Gasteiger partial charge in [0, 0.05) is 29.1 Å². The fourth-order valence-corrected chi connectivity index (χ4v) is 2.70. The predicted octanol–water partition coefficient (Wildman–Crippen LogP) is 1.14. The van der Waals surface area contributed by atoms with Crippen LogP contribution in [0, 0.1) is 5.92 Å². The molecule has 0 fully saturated rings. The van der Waals surface area contributed by atoms with Crippen LogP contribution in [0.25, 0.3) is 0 Å². The number of aliphatic hydroxyl groups is 1. The molecule has 0 spiro atoms. The van der Waals surface area contributed by atoms with E-state index in [-0.39, 0.29) is 0 Å². The molecule has 3 unspecified atom stereocenters. The van der Waals surface area contributed by atoms with Crippen LogP contribution in [-0.2, 0) is 10.8 Å². The lowest BCUT2D eigenvalue weighted by atomic mass is 10.2. The molecule has 0 rings (SSSR count). The number of nitrogens with one attached hydrogen (secondary N) is 1. The lowest BCUT2D eigenvalue weighted by Gasteiger charge is -2.15. The second kappa shape index (κ2) is 8.25. The van der Waals surface area contributed by atoms with Gasteiger partial charge in [-0.25, -0.2) is 0 Å². The number of rotatable bonds is 8. The molecule has 0 bridgehead atoms. The van der Waals surface area contributed by atoms with Crippen molar-refractivity contribution in [3.63, 3.8) is 0 Å². The van der Waals surface area contributed by atoms with Crippen molar-refractivity contribution in [2.45, 2.75) is 46.3 Å². The van der Waals surface area contributed by atoms with Gasteiger partial charge in [0.25, 0.3) is 0 Å². The zero-order chi connectivity index (χ0) is 11.8. The second-order valence-electron chi connectivity index (χ2n) is 4.50. The Labute approximate surface area is 96.1 Å². The van der Waals surface area contributed by atoms with Gasteiger partial charge < -0.3 is 10.4 Å². The summed E-state index contributed by atoms with van der Waals surface area (Å²) in [6.07, 6.45) is 0.559. The molecule has 0 radical (unpaired) electrons. The first-order valence-corrected chi connectivity index (χ1v) is 7.20. The molecule has 0 aliphatic carbocycles. The molecular formula is C11H25NO2S. The second-order valence-corrected chi connectivity index (χ2v) is 6.05. The van der Waals surface area contributed by atoms with Crippen molar-refractivity contribution in [1.82, 2.24) is 5.32 Å². The Bertz CT molecular complexity index is 185. The maximum atomic E-state index is 11.6. The Kier molecular flexibility index (Phi) is 8.29. The summed E-state index contributed by atoms with van der Waals surface area (Å²) in [5.41, 5.74) is 0. The minimum Gasteiger partial charge on any atom is -0.391 e. The molecule has 2 N–H and O–H groups in total. The van der Waals surface area contributed by atoms with Crippen LogP contribution in [0.1, 0.15) is 34.1 Å². The lowest BCUT2D eigenvalue weighted by molar-refractivity contribution is 0.191. The highest BCUT2D eigenvalue weighted by molar-refractivity contribution is 7.85. The third-order valence-electron chi connectivity index (χ3n) is 2.31. The zero-order valence-electron chi connectivity index (χ0n) is 10.3. The van der Waals surface area contributed by atoms with Crippen LogP contribution in [0.3, 0.4) is 0 Å². The maximum absolute atomic E-state index is 11.6. The molecule has 0 amide bonds. The van der Waals surface area contributed by atoms with E-state index in [0.717, 1.165) is 6.42 Å². The van der Waals surface area contributed by atoms with Gasteiger partial charge in [-0.2, -0.15) is 0 Å². The monoisotopic (exact) mass is 235 g/mol. The van der Waals surface area contributed by atoms with Crippen LogP contribution in [0.5, 0.6) is 0 Å². The molecule has 92 valence electrons. The van der Waals surface area contributed by atoms with E-state index in [4.69, 9.17) is 0 Å². The van der Waals surface area contributed by atoms with Crippen LogP contribution in [0.2, 0.25) is 0 Å². The summed E-state index contributed by atoms with van der Waals surface area (Å²) >= 11 is 0. The highest BCUT2D eigenvalue weighted by Gasteiger charge is 2.12. The summed E-state index contributed by atoms with van der Waals surface area (Å²) in [4.78, 5) is 0. The third kappa shape index (κ3) is 9.03. The highest BCUT2D eigenvalue weighted by atomic mass is 32.2. The molecule has 0 aromatic carbocycles. The molecule has 15 heavy (non-hydrogen) atoms. The quantitative estimate of drug-likeness (QED) is 0.663. The Morgan fingerprint density at radius 2 is 1.87 bits per heavy atom. The molecule has 3 atom stereocenters. The molecule has 0 aromatic rings. The summed E-state index contributed by atoms with van der Waals surface area (Å²) in [5.74, 6) is 1.58. The molecule has 0 saturated heterocycles. The van der Waals surface area contributed by atoms with Gasteiger partial charge in [0.1, 0.15) is 0 Å². The Morgan fingerprint density at radius 1 is 1.27 bits per heavy atom. The van der Waals surface area contributed by atoms with Crippen molar-refractivity contribution in [3.8, 4) is 0 Å². The van der Waals surface area contributed by atoms with Gasteiger partial charge in [0.15, 0.2) is 0 Å². The minimum atomic E-state index is -0.885. The van der Waals surface area contributed by atoms with Crippen molar-refractivity contribution in [2.24, 2.45) is 5.92 Å². The van der Waals surface area contributed by atoms with E-state index < -0.39 is 16.9 Å². The van der Waals surface area contributed by atoms with E-state index in [1.165, 1.54) is 0 Å². The van der Waals surface area contributed by atoms with Crippen LogP contribution in [0.4, 0.5) is 0 Å². The van der Waals surface area contributed by atoms with Crippen LogP contribution in [-0.4, -0.2) is 39.5 Å². The minimum absolute atomic E-state index is 0.364. The van der Waals surface area contributed by atoms with Gasteiger partial charge in [-0.3, -0.25) is 4.21 Å². The average molecular weight is 235 g/mol. The Morgan fingerprint density at radius 3 is 2.33 bits per heavy atom. The first-order valence-electron chi connectivity index (χ1n) is 5.72. The van der Waals surface area contributed by atoms with Gasteiger partial charge in [-0.05, 0) is 5.92 Å². The topological polar surface area (TPSA) is 49.3 Å². The number of aliphatic hydroxyl groups excluding tert-OH is 1. The van der Waals surface area contributed by atoms with E-state index in [9.17, 15) is 9.32 Å². The molecule has 0 aliphatic heterocycles. The molecule has 0 saturated carbocycles. The predicted molar refractivity (Wildman–Crippen MR) is 66.5 cm³/mol. The summed E-state index contributed by atoms with van der Waals surface area (Å²) in [5, 5.41) is 12.7. The molecule has 0 aromatic heterocycles. The maximum Gasteiger partial charge on any atom is 0.0779 e. The van der Waals surface area contributed by atoms with E-state index in [2.05, 4.69) is 19.2 Å². The van der Waals surface area contributed by atoms with Gasteiger partial charge in [0.2, 0.25) is 0 Å². The molecular weight excluding hydrogens is 210 g/mol. The Balaban J connectivity index is 3.66. The summed E-state index contributed by atoms with van der Waals surface area (Å²) in [7, 11) is -0.885. The third-order valence-corrected chi connectivity index (χ3v) is 4.00. The average Bonchev–Trinajstić information content (AvgIpc) is 2.14. The fourth-order valence-electron chi connectivity index (χ4n) is 1.15. The molecule has 0 aliphatic rings. The zero-order valence-corrected chi connectivity index (χ0v) is 11.1. The summed E-state index contributed by atoms with van der Waals surface area (Å²) in [6.45, 7) is 8.78. The van der Waals surface area contributed by atoms with Crippen molar-refractivity contribution in [2.75, 3.05) is 18.1 Å². The van der Waals surface area contributed by atoms with Gasteiger partial charge >= 0.3 is 0 Å². The molecule has 4 heteroatoms. The van der Waals surface area contributed by atoms with Crippen molar-refractivity contribution >= 4 is 10.8 Å². The van der Waals surface area contributed by atoms with Crippen molar-refractivity contribution in [1.29, 1.82) is 0 Å². The smallest absolute Gasteiger partial charge is 0.0779 e. The number of hydrogen-bond acceptors (Lipinski definition) is 3. The lowest BCUT2D eigenvalue weighted by Crippen LogP contribution is -2.35. The fraction of sp³-hybridized carbons (Fsp3) is 1.00. The van der Waals surface area contributed by atoms with Gasteiger partial charge in [-0.1, -0.05) is 34.1 Å². The largest absolute Gasteiger partial charge is 0.391 e. The van der Waals surface area contributed by atoms with Gasteiger partial charge in [0.05, 0.1) is 11.9 Å². The van der Waals surface area contributed by atoms with E-state index in [1.807, 2.05) is 13.8 Å². The molecule has 0 heterocycles. The van der Waals surface area contributed by atoms with Crippen LogP contribution in [0.15, 0.2) is 0 Å². The van der Waals surface area contributed by atoms with E-state index in [1.54, 1.807) is 0 Å².